The second-order valence-electron chi connectivity index (χ2n) is 9.20. The van der Waals surface area contributed by atoms with Crippen molar-refractivity contribution in [3.63, 3.8) is 0 Å². The molecule has 3 nitrogen and oxygen atoms in total. The van der Waals surface area contributed by atoms with E-state index in [1.165, 1.54) is 64.2 Å². The molecular formula is C25H50FLiO3S. The molecule has 0 aromatic carbocycles. The third kappa shape index (κ3) is 19.6. The van der Waals surface area contributed by atoms with Crippen molar-refractivity contribution in [3.05, 3.63) is 0 Å². The minimum Gasteiger partial charge on any atom is -0.745 e. The van der Waals surface area contributed by atoms with E-state index in [0.717, 1.165) is 51.4 Å². The van der Waals surface area contributed by atoms with Gasteiger partial charge in [0.15, 0.2) is 5.00 Å². The van der Waals surface area contributed by atoms with Crippen LogP contribution < -0.4 is 18.9 Å². The van der Waals surface area contributed by atoms with Crippen LogP contribution in [0.4, 0.5) is 4.39 Å². The summed E-state index contributed by atoms with van der Waals surface area (Å²) in [6.07, 6.45) is 22.1. The molecule has 0 saturated heterocycles. The molecule has 31 heavy (non-hydrogen) atoms. The Hall–Kier alpha value is 0.437. The van der Waals surface area contributed by atoms with Crippen molar-refractivity contribution in [1.29, 1.82) is 0 Å². The first-order valence-corrected chi connectivity index (χ1v) is 14.4. The second-order valence-corrected chi connectivity index (χ2v) is 10.8. The smallest absolute Gasteiger partial charge is 0.745 e. The molecule has 0 rings (SSSR count). The van der Waals surface area contributed by atoms with E-state index in [2.05, 4.69) is 13.8 Å². The summed E-state index contributed by atoms with van der Waals surface area (Å²) in [6, 6.07) is 0. The maximum Gasteiger partial charge on any atom is 1.00 e. The number of halogens is 1. The predicted octanol–water partition coefficient (Wildman–Crippen LogP) is 5.82. The van der Waals surface area contributed by atoms with Crippen LogP contribution in [-0.2, 0) is 10.1 Å². The zero-order valence-electron chi connectivity index (χ0n) is 21.1. The minimum atomic E-state index is -4.90. The molecule has 0 aliphatic carbocycles. The summed E-state index contributed by atoms with van der Waals surface area (Å²) in [5.74, 6) is 0. The van der Waals surface area contributed by atoms with Crippen LogP contribution in [-0.4, -0.2) is 18.0 Å². The Morgan fingerprint density at radius 1 is 0.548 bits per heavy atom. The third-order valence-electron chi connectivity index (χ3n) is 6.26. The minimum absolute atomic E-state index is 0. The molecule has 0 amide bonds. The zero-order chi connectivity index (χ0) is 22.6. The fraction of sp³-hybridized carbons (Fsp3) is 1.00. The van der Waals surface area contributed by atoms with Crippen molar-refractivity contribution in [2.45, 2.75) is 160 Å². The first kappa shape index (κ1) is 33.6. The van der Waals surface area contributed by atoms with Gasteiger partial charge in [0.1, 0.15) is 10.1 Å². The van der Waals surface area contributed by atoms with Crippen LogP contribution in [0.25, 0.3) is 0 Å². The van der Waals surface area contributed by atoms with Crippen LogP contribution in [0, 0.1) is 0 Å². The van der Waals surface area contributed by atoms with Gasteiger partial charge in [0.2, 0.25) is 0 Å². The monoisotopic (exact) mass is 456 g/mol. The van der Waals surface area contributed by atoms with E-state index < -0.39 is 15.1 Å². The summed E-state index contributed by atoms with van der Waals surface area (Å²) in [7, 11) is -4.90. The molecule has 0 aliphatic heterocycles. The topological polar surface area (TPSA) is 57.2 Å². The Kier molecular flexibility index (Phi) is 24.1. The van der Waals surface area contributed by atoms with E-state index in [9.17, 15) is 17.4 Å². The Labute approximate surface area is 206 Å². The average molecular weight is 457 g/mol. The van der Waals surface area contributed by atoms with Gasteiger partial charge in [-0.2, -0.15) is 0 Å². The van der Waals surface area contributed by atoms with Gasteiger partial charge < -0.3 is 4.55 Å². The molecular weight excluding hydrogens is 406 g/mol. The number of hydrogen-bond acceptors (Lipinski definition) is 3. The van der Waals surface area contributed by atoms with E-state index in [-0.39, 0.29) is 31.7 Å². The number of hydrogen-bond donors (Lipinski definition) is 0. The van der Waals surface area contributed by atoms with Crippen molar-refractivity contribution >= 4 is 10.1 Å². The van der Waals surface area contributed by atoms with Crippen molar-refractivity contribution in [3.8, 4) is 0 Å². The number of rotatable bonds is 23. The average Bonchev–Trinajstić information content (AvgIpc) is 2.70. The van der Waals surface area contributed by atoms with Gasteiger partial charge in [-0.3, -0.25) is 0 Å². The Balaban J connectivity index is 0. The Morgan fingerprint density at radius 3 is 1.00 bits per heavy atom. The van der Waals surface area contributed by atoms with Crippen molar-refractivity contribution < 1.29 is 36.2 Å². The van der Waals surface area contributed by atoms with E-state index >= 15 is 0 Å². The number of alkyl halides is 1. The molecule has 6 heteroatoms. The van der Waals surface area contributed by atoms with Gasteiger partial charge in [-0.1, -0.05) is 129 Å². The summed E-state index contributed by atoms with van der Waals surface area (Å²) in [6.45, 7) is 4.38. The molecule has 0 N–H and O–H groups in total. The normalized spacial score (nSPS) is 13.7. The van der Waals surface area contributed by atoms with Crippen molar-refractivity contribution in [1.82, 2.24) is 0 Å². The molecule has 0 saturated carbocycles. The molecule has 0 heterocycles. The molecule has 1 unspecified atom stereocenters. The maximum atomic E-state index is 14.8. The maximum absolute atomic E-state index is 14.8. The molecule has 0 spiro atoms. The van der Waals surface area contributed by atoms with E-state index in [0.29, 0.717) is 12.8 Å². The third-order valence-corrected chi connectivity index (χ3v) is 7.56. The molecule has 0 bridgehead atoms. The quantitative estimate of drug-likeness (QED) is 0.111. The first-order valence-electron chi connectivity index (χ1n) is 13.0. The standard InChI is InChI=1S/C25H51FO3S.Li/c1-3-5-7-9-11-12-13-14-15-16-17-18-20-22-24-25(26,30(27,28)29)23-21-19-10-8-6-4-2;/h3-24H2,1-2H3,(H,27,28,29);/q;+1/p-1. The van der Waals surface area contributed by atoms with Gasteiger partial charge in [0.05, 0.1) is 0 Å². The van der Waals surface area contributed by atoms with E-state index in [4.69, 9.17) is 0 Å². The van der Waals surface area contributed by atoms with Gasteiger partial charge in [-0.25, -0.2) is 12.8 Å². The number of unbranched alkanes of at least 4 members (excludes halogenated alkanes) is 18. The summed E-state index contributed by atoms with van der Waals surface area (Å²) in [5.41, 5.74) is 0. The fourth-order valence-electron chi connectivity index (χ4n) is 4.13. The molecule has 0 fully saturated rings. The van der Waals surface area contributed by atoms with Gasteiger partial charge >= 0.3 is 18.9 Å². The second kappa shape index (κ2) is 22.2. The summed E-state index contributed by atoms with van der Waals surface area (Å²) in [5, 5.41) is -2.56. The van der Waals surface area contributed by atoms with Crippen LogP contribution in [0.15, 0.2) is 0 Å². The summed E-state index contributed by atoms with van der Waals surface area (Å²) >= 11 is 0. The van der Waals surface area contributed by atoms with Crippen LogP contribution in [0.3, 0.4) is 0 Å². The molecule has 182 valence electrons. The zero-order valence-corrected chi connectivity index (χ0v) is 21.9. The SMILES string of the molecule is CCCCCCCCCCCCCCCCC(F)(CCCCCCCC)S(=O)(=O)[O-].[Li+]. The molecule has 0 aliphatic rings. The summed E-state index contributed by atoms with van der Waals surface area (Å²) < 4.78 is 49.2. The van der Waals surface area contributed by atoms with E-state index in [1.54, 1.807) is 0 Å². The molecule has 1 atom stereocenters. The van der Waals surface area contributed by atoms with E-state index in [1.807, 2.05) is 0 Å². The van der Waals surface area contributed by atoms with Gasteiger partial charge in [-0.15, -0.1) is 0 Å². The van der Waals surface area contributed by atoms with Crippen molar-refractivity contribution in [2.75, 3.05) is 0 Å². The van der Waals surface area contributed by atoms with Crippen LogP contribution in [0.1, 0.15) is 155 Å². The van der Waals surface area contributed by atoms with Gasteiger partial charge in [-0.05, 0) is 25.7 Å². The van der Waals surface area contributed by atoms with Gasteiger partial charge in [0.25, 0.3) is 0 Å². The van der Waals surface area contributed by atoms with Crippen LogP contribution in [0.2, 0.25) is 0 Å². The predicted molar refractivity (Wildman–Crippen MR) is 126 cm³/mol. The Bertz CT molecular complexity index is 473. The first-order chi connectivity index (χ1) is 14.4. The largest absolute Gasteiger partial charge is 1.00 e. The molecule has 0 aromatic heterocycles. The van der Waals surface area contributed by atoms with Crippen molar-refractivity contribution in [2.24, 2.45) is 0 Å². The molecule has 0 aromatic rings. The Morgan fingerprint density at radius 2 is 0.774 bits per heavy atom. The molecule has 0 radical (unpaired) electrons. The fourth-order valence-corrected chi connectivity index (χ4v) is 4.92. The van der Waals surface area contributed by atoms with Crippen LogP contribution >= 0.6 is 0 Å². The summed E-state index contributed by atoms with van der Waals surface area (Å²) in [4.78, 5) is 0. The van der Waals surface area contributed by atoms with Crippen LogP contribution in [0.5, 0.6) is 0 Å². The van der Waals surface area contributed by atoms with Gasteiger partial charge in [0, 0.05) is 0 Å².